The summed E-state index contributed by atoms with van der Waals surface area (Å²) in [6.07, 6.45) is 8.42. The fraction of sp³-hybridized carbons (Fsp3) is 1.00. The van der Waals surface area contributed by atoms with Crippen LogP contribution in [0.25, 0.3) is 0 Å². The SMILES string of the molecule is CS(=O)(=O)N1CCCC12CCCN(CC1CC1)C2. The highest BCUT2D eigenvalue weighted by Gasteiger charge is 2.48. The van der Waals surface area contributed by atoms with Crippen molar-refractivity contribution in [2.45, 2.75) is 44.1 Å². The van der Waals surface area contributed by atoms with Gasteiger partial charge >= 0.3 is 0 Å². The number of nitrogens with zero attached hydrogens (tertiary/aromatic N) is 2. The third-order valence-corrected chi connectivity index (χ3v) is 6.15. The highest BCUT2D eigenvalue weighted by Crippen LogP contribution is 2.40. The molecule has 0 aromatic heterocycles. The molecule has 1 spiro atoms. The van der Waals surface area contributed by atoms with Gasteiger partial charge in [0.2, 0.25) is 10.0 Å². The van der Waals surface area contributed by atoms with Crippen molar-refractivity contribution in [2.75, 3.05) is 32.4 Å². The molecule has 104 valence electrons. The van der Waals surface area contributed by atoms with Crippen molar-refractivity contribution in [3.8, 4) is 0 Å². The van der Waals surface area contributed by atoms with Crippen molar-refractivity contribution in [3.05, 3.63) is 0 Å². The summed E-state index contributed by atoms with van der Waals surface area (Å²) in [6.45, 7) is 4.06. The maximum absolute atomic E-state index is 12.0. The molecule has 2 heterocycles. The maximum atomic E-state index is 12.0. The van der Waals surface area contributed by atoms with Crippen molar-refractivity contribution >= 4 is 10.0 Å². The largest absolute Gasteiger partial charge is 0.301 e. The second-order valence-corrected chi connectivity index (χ2v) is 8.35. The smallest absolute Gasteiger partial charge is 0.211 e. The molecular formula is C13H24N2O2S. The Balaban J connectivity index is 1.75. The Hall–Kier alpha value is -0.130. The molecule has 0 amide bonds. The van der Waals surface area contributed by atoms with Crippen LogP contribution in [-0.2, 0) is 10.0 Å². The molecule has 1 aliphatic carbocycles. The molecule has 1 unspecified atom stereocenters. The predicted molar refractivity (Wildman–Crippen MR) is 71.9 cm³/mol. The second kappa shape index (κ2) is 4.46. The molecule has 3 aliphatic rings. The Morgan fingerprint density at radius 1 is 1.17 bits per heavy atom. The van der Waals surface area contributed by atoms with E-state index in [-0.39, 0.29) is 5.54 Å². The van der Waals surface area contributed by atoms with Gasteiger partial charge in [-0.25, -0.2) is 8.42 Å². The van der Waals surface area contributed by atoms with Crippen molar-refractivity contribution in [1.82, 2.24) is 9.21 Å². The summed E-state index contributed by atoms with van der Waals surface area (Å²) in [5.41, 5.74) is -0.0687. The number of piperidine rings is 1. The van der Waals surface area contributed by atoms with Gasteiger partial charge in [0, 0.05) is 25.2 Å². The molecule has 4 nitrogen and oxygen atoms in total. The van der Waals surface area contributed by atoms with Gasteiger partial charge in [0.15, 0.2) is 0 Å². The number of hydrogen-bond acceptors (Lipinski definition) is 3. The maximum Gasteiger partial charge on any atom is 0.211 e. The third-order valence-electron chi connectivity index (χ3n) is 4.78. The Morgan fingerprint density at radius 2 is 1.83 bits per heavy atom. The van der Waals surface area contributed by atoms with Gasteiger partial charge in [-0.1, -0.05) is 0 Å². The Bertz CT molecular complexity index is 419. The lowest BCUT2D eigenvalue weighted by atomic mass is 9.87. The molecule has 0 aromatic rings. The Kier molecular flexibility index (Phi) is 3.19. The van der Waals surface area contributed by atoms with Gasteiger partial charge in [0.05, 0.1) is 6.26 Å². The van der Waals surface area contributed by atoms with E-state index in [1.165, 1.54) is 25.6 Å². The minimum atomic E-state index is -3.04. The normalized spacial score (nSPS) is 35.4. The van der Waals surface area contributed by atoms with Crippen molar-refractivity contribution in [2.24, 2.45) is 5.92 Å². The average Bonchev–Trinajstić information content (AvgIpc) is 2.98. The standard InChI is InChI=1S/C13H24N2O2S/c1-18(16,17)15-9-3-7-13(15)6-2-8-14(11-13)10-12-4-5-12/h12H,2-11H2,1H3. The van der Waals surface area contributed by atoms with E-state index in [4.69, 9.17) is 0 Å². The van der Waals surface area contributed by atoms with Crippen molar-refractivity contribution < 1.29 is 8.42 Å². The van der Waals surface area contributed by atoms with Gasteiger partial charge in [-0.2, -0.15) is 4.31 Å². The zero-order chi connectivity index (χ0) is 12.8. The molecule has 1 saturated carbocycles. The summed E-state index contributed by atoms with van der Waals surface area (Å²) < 4.78 is 25.7. The summed E-state index contributed by atoms with van der Waals surface area (Å²) in [6, 6.07) is 0. The molecule has 0 radical (unpaired) electrons. The molecule has 0 N–H and O–H groups in total. The minimum absolute atomic E-state index is 0.0687. The topological polar surface area (TPSA) is 40.6 Å². The quantitative estimate of drug-likeness (QED) is 0.777. The first-order valence-corrected chi connectivity index (χ1v) is 9.05. The van der Waals surface area contributed by atoms with Crippen LogP contribution in [0.15, 0.2) is 0 Å². The first-order valence-electron chi connectivity index (χ1n) is 7.20. The van der Waals surface area contributed by atoms with Crippen LogP contribution >= 0.6 is 0 Å². The summed E-state index contributed by atoms with van der Waals surface area (Å²) in [5.74, 6) is 0.897. The van der Waals surface area contributed by atoms with Gasteiger partial charge in [-0.3, -0.25) is 0 Å². The van der Waals surface area contributed by atoms with E-state index in [9.17, 15) is 8.42 Å². The summed E-state index contributed by atoms with van der Waals surface area (Å²) in [4.78, 5) is 2.52. The van der Waals surface area contributed by atoms with Crippen LogP contribution in [-0.4, -0.2) is 55.6 Å². The first kappa shape index (κ1) is 12.9. The summed E-state index contributed by atoms with van der Waals surface area (Å²) >= 11 is 0. The van der Waals surface area contributed by atoms with E-state index in [0.29, 0.717) is 0 Å². The number of sulfonamides is 1. The van der Waals surface area contributed by atoms with E-state index in [0.717, 1.165) is 51.2 Å². The van der Waals surface area contributed by atoms with Gasteiger partial charge in [0.1, 0.15) is 0 Å². The Labute approximate surface area is 110 Å². The third kappa shape index (κ3) is 2.45. The van der Waals surface area contributed by atoms with Gasteiger partial charge in [-0.05, 0) is 51.0 Å². The summed E-state index contributed by atoms with van der Waals surface area (Å²) in [7, 11) is -3.04. The molecule has 0 aromatic carbocycles. The van der Waals surface area contributed by atoms with E-state index >= 15 is 0 Å². The van der Waals surface area contributed by atoms with Crippen LogP contribution in [0, 0.1) is 5.92 Å². The molecule has 5 heteroatoms. The van der Waals surface area contributed by atoms with Crippen LogP contribution in [0.3, 0.4) is 0 Å². The zero-order valence-electron chi connectivity index (χ0n) is 11.3. The van der Waals surface area contributed by atoms with Crippen LogP contribution in [0.4, 0.5) is 0 Å². The van der Waals surface area contributed by atoms with E-state index in [1.54, 1.807) is 4.31 Å². The number of likely N-dealkylation sites (tertiary alicyclic amines) is 1. The van der Waals surface area contributed by atoms with Crippen LogP contribution < -0.4 is 0 Å². The van der Waals surface area contributed by atoms with Crippen molar-refractivity contribution in [1.29, 1.82) is 0 Å². The molecule has 3 rings (SSSR count). The van der Waals surface area contributed by atoms with Gasteiger partial charge < -0.3 is 4.90 Å². The van der Waals surface area contributed by atoms with Crippen LogP contribution in [0.2, 0.25) is 0 Å². The fourth-order valence-electron chi connectivity index (χ4n) is 3.87. The monoisotopic (exact) mass is 272 g/mol. The van der Waals surface area contributed by atoms with Crippen LogP contribution in [0.1, 0.15) is 38.5 Å². The zero-order valence-corrected chi connectivity index (χ0v) is 12.1. The molecule has 0 bridgehead atoms. The molecule has 1 atom stereocenters. The van der Waals surface area contributed by atoms with Gasteiger partial charge in [0.25, 0.3) is 0 Å². The lowest BCUT2D eigenvalue weighted by Crippen LogP contribution is -2.57. The number of hydrogen-bond donors (Lipinski definition) is 0. The highest BCUT2D eigenvalue weighted by atomic mass is 32.2. The second-order valence-electron chi connectivity index (χ2n) is 6.45. The highest BCUT2D eigenvalue weighted by molar-refractivity contribution is 7.88. The Morgan fingerprint density at radius 3 is 2.44 bits per heavy atom. The lowest BCUT2D eigenvalue weighted by molar-refractivity contribution is 0.0859. The molecule has 2 aliphatic heterocycles. The molecular weight excluding hydrogens is 248 g/mol. The first-order chi connectivity index (χ1) is 8.50. The predicted octanol–water partition coefficient (Wildman–Crippen LogP) is 1.29. The minimum Gasteiger partial charge on any atom is -0.301 e. The van der Waals surface area contributed by atoms with E-state index < -0.39 is 10.0 Å². The van der Waals surface area contributed by atoms with Gasteiger partial charge in [-0.15, -0.1) is 0 Å². The fourth-order valence-corrected chi connectivity index (χ4v) is 5.27. The molecule has 18 heavy (non-hydrogen) atoms. The molecule has 2 saturated heterocycles. The van der Waals surface area contributed by atoms with Crippen LogP contribution in [0.5, 0.6) is 0 Å². The summed E-state index contributed by atoms with van der Waals surface area (Å²) in [5, 5.41) is 0. The molecule has 3 fully saturated rings. The average molecular weight is 272 g/mol. The lowest BCUT2D eigenvalue weighted by Gasteiger charge is -2.45. The van der Waals surface area contributed by atoms with E-state index in [2.05, 4.69) is 4.90 Å². The van der Waals surface area contributed by atoms with E-state index in [1.807, 2.05) is 0 Å². The number of rotatable bonds is 3. The van der Waals surface area contributed by atoms with Crippen molar-refractivity contribution in [3.63, 3.8) is 0 Å².